The zero-order chi connectivity index (χ0) is 21.1. The van der Waals surface area contributed by atoms with Crippen LogP contribution in [0.15, 0.2) is 70.4 Å². The number of aromatic nitrogens is 3. The molecule has 0 radical (unpaired) electrons. The highest BCUT2D eigenvalue weighted by molar-refractivity contribution is 7.99. The van der Waals surface area contributed by atoms with E-state index in [9.17, 15) is 4.79 Å². The van der Waals surface area contributed by atoms with Gasteiger partial charge in [0.25, 0.3) is 0 Å². The Labute approximate surface area is 179 Å². The summed E-state index contributed by atoms with van der Waals surface area (Å²) < 4.78 is 7.43. The lowest BCUT2D eigenvalue weighted by Gasteiger charge is -2.13. The fraction of sp³-hybridized carbons (Fsp3) is 0.174. The molecule has 2 heterocycles. The van der Waals surface area contributed by atoms with E-state index < -0.39 is 0 Å². The summed E-state index contributed by atoms with van der Waals surface area (Å²) in [6.45, 7) is 6.06. The molecular formula is C23H22N4O2S. The van der Waals surface area contributed by atoms with E-state index in [1.54, 1.807) is 6.26 Å². The third-order valence-corrected chi connectivity index (χ3v) is 5.59. The number of carbonyl (C=O) groups excluding carboxylic acids is 1. The van der Waals surface area contributed by atoms with E-state index in [0.29, 0.717) is 16.7 Å². The Morgan fingerprint density at radius 2 is 1.77 bits per heavy atom. The highest BCUT2D eigenvalue weighted by atomic mass is 32.2. The molecule has 0 bridgehead atoms. The van der Waals surface area contributed by atoms with Crippen molar-refractivity contribution in [1.82, 2.24) is 14.8 Å². The van der Waals surface area contributed by atoms with Crippen LogP contribution in [0.25, 0.3) is 17.3 Å². The minimum atomic E-state index is -0.0859. The summed E-state index contributed by atoms with van der Waals surface area (Å²) in [5, 5.41) is 12.3. The number of rotatable bonds is 6. The smallest absolute Gasteiger partial charge is 0.234 e. The van der Waals surface area contributed by atoms with Crippen molar-refractivity contribution in [3.8, 4) is 17.3 Å². The van der Waals surface area contributed by atoms with E-state index in [-0.39, 0.29) is 11.7 Å². The van der Waals surface area contributed by atoms with Gasteiger partial charge in [0, 0.05) is 11.4 Å². The molecule has 4 rings (SSSR count). The Morgan fingerprint density at radius 1 is 1.03 bits per heavy atom. The number of amides is 1. The zero-order valence-corrected chi connectivity index (χ0v) is 17.9. The maximum atomic E-state index is 12.7. The fourth-order valence-corrected chi connectivity index (χ4v) is 4.17. The predicted octanol–water partition coefficient (Wildman–Crippen LogP) is 5.18. The summed E-state index contributed by atoms with van der Waals surface area (Å²) in [4.78, 5) is 12.7. The van der Waals surface area contributed by atoms with Crippen LogP contribution in [0.3, 0.4) is 0 Å². The van der Waals surface area contributed by atoms with Crippen LogP contribution in [-0.2, 0) is 4.79 Å². The summed E-state index contributed by atoms with van der Waals surface area (Å²) in [5.74, 6) is 1.35. The van der Waals surface area contributed by atoms with Crippen molar-refractivity contribution in [2.24, 2.45) is 0 Å². The number of para-hydroxylation sites is 1. The summed E-state index contributed by atoms with van der Waals surface area (Å²) in [6.07, 6.45) is 1.60. The Bertz CT molecular complexity index is 1140. The highest BCUT2D eigenvalue weighted by Gasteiger charge is 2.19. The first kappa shape index (κ1) is 20.0. The fourth-order valence-electron chi connectivity index (χ4n) is 3.42. The third-order valence-electron chi connectivity index (χ3n) is 4.66. The van der Waals surface area contributed by atoms with Crippen LogP contribution < -0.4 is 5.32 Å². The van der Waals surface area contributed by atoms with Gasteiger partial charge in [-0.15, -0.1) is 10.2 Å². The first-order valence-corrected chi connectivity index (χ1v) is 10.6. The van der Waals surface area contributed by atoms with Gasteiger partial charge >= 0.3 is 0 Å². The van der Waals surface area contributed by atoms with Crippen LogP contribution >= 0.6 is 11.8 Å². The number of aryl methyl sites for hydroxylation is 3. The van der Waals surface area contributed by atoms with Crippen LogP contribution in [0, 0.1) is 20.8 Å². The molecule has 2 aromatic heterocycles. The van der Waals surface area contributed by atoms with Crippen LogP contribution in [0.2, 0.25) is 0 Å². The second-order valence-corrected chi connectivity index (χ2v) is 8.01. The molecule has 0 fully saturated rings. The molecule has 0 spiro atoms. The summed E-state index contributed by atoms with van der Waals surface area (Å²) >= 11 is 1.34. The number of anilines is 1. The topological polar surface area (TPSA) is 73.0 Å². The molecule has 4 aromatic rings. The van der Waals surface area contributed by atoms with Crippen molar-refractivity contribution in [2.75, 3.05) is 11.1 Å². The molecule has 6 nitrogen and oxygen atoms in total. The number of hydrogen-bond acceptors (Lipinski definition) is 5. The molecule has 0 saturated carbocycles. The van der Waals surface area contributed by atoms with Crippen molar-refractivity contribution in [2.45, 2.75) is 25.9 Å². The van der Waals surface area contributed by atoms with Gasteiger partial charge in [-0.25, -0.2) is 0 Å². The molecular weight excluding hydrogens is 396 g/mol. The lowest BCUT2D eigenvalue weighted by molar-refractivity contribution is -0.113. The van der Waals surface area contributed by atoms with Gasteiger partial charge in [-0.1, -0.05) is 47.7 Å². The van der Waals surface area contributed by atoms with Crippen molar-refractivity contribution >= 4 is 23.4 Å². The SMILES string of the molecule is Cc1cc(C)c(NC(=O)CSc2nnc(-c3ccco3)n2-c2ccccc2)c(C)c1. The second kappa shape index (κ2) is 8.59. The molecule has 0 aliphatic rings. The first-order valence-electron chi connectivity index (χ1n) is 9.58. The first-order chi connectivity index (χ1) is 14.5. The van der Waals surface area contributed by atoms with Gasteiger partial charge in [0.05, 0.1) is 12.0 Å². The molecule has 2 aromatic carbocycles. The number of hydrogen-bond donors (Lipinski definition) is 1. The molecule has 0 saturated heterocycles. The van der Waals surface area contributed by atoms with Gasteiger partial charge in [-0.3, -0.25) is 9.36 Å². The number of thioether (sulfide) groups is 1. The van der Waals surface area contributed by atoms with Gasteiger partial charge in [0.1, 0.15) is 0 Å². The normalized spacial score (nSPS) is 10.9. The minimum absolute atomic E-state index is 0.0859. The van der Waals surface area contributed by atoms with E-state index in [1.807, 2.05) is 60.9 Å². The lowest BCUT2D eigenvalue weighted by Crippen LogP contribution is -2.16. The Morgan fingerprint density at radius 3 is 2.43 bits per heavy atom. The van der Waals surface area contributed by atoms with E-state index >= 15 is 0 Å². The quantitative estimate of drug-likeness (QED) is 0.437. The number of benzene rings is 2. The Hall–Kier alpha value is -3.32. The molecule has 7 heteroatoms. The molecule has 1 N–H and O–H groups in total. The largest absolute Gasteiger partial charge is 0.461 e. The van der Waals surface area contributed by atoms with Crippen molar-refractivity contribution in [3.05, 3.63) is 77.6 Å². The second-order valence-electron chi connectivity index (χ2n) is 7.07. The lowest BCUT2D eigenvalue weighted by atomic mass is 10.1. The maximum Gasteiger partial charge on any atom is 0.234 e. The van der Waals surface area contributed by atoms with E-state index in [0.717, 1.165) is 22.5 Å². The average Bonchev–Trinajstić information content (AvgIpc) is 3.39. The van der Waals surface area contributed by atoms with Crippen molar-refractivity contribution in [3.63, 3.8) is 0 Å². The summed E-state index contributed by atoms with van der Waals surface area (Å²) in [7, 11) is 0. The average molecular weight is 419 g/mol. The third kappa shape index (κ3) is 4.16. The molecule has 0 aliphatic carbocycles. The molecule has 152 valence electrons. The molecule has 0 aliphatic heterocycles. The van der Waals surface area contributed by atoms with E-state index in [1.165, 1.54) is 17.3 Å². The van der Waals surface area contributed by atoms with Crippen LogP contribution in [-0.4, -0.2) is 26.4 Å². The van der Waals surface area contributed by atoms with Gasteiger partial charge in [-0.05, 0) is 56.2 Å². The monoisotopic (exact) mass is 418 g/mol. The van der Waals surface area contributed by atoms with Crippen LogP contribution in [0.1, 0.15) is 16.7 Å². The van der Waals surface area contributed by atoms with Crippen LogP contribution in [0.4, 0.5) is 5.69 Å². The molecule has 0 atom stereocenters. The van der Waals surface area contributed by atoms with Crippen molar-refractivity contribution < 1.29 is 9.21 Å². The van der Waals surface area contributed by atoms with Gasteiger partial charge in [0.2, 0.25) is 11.7 Å². The number of nitrogens with zero attached hydrogens (tertiary/aromatic N) is 3. The molecule has 30 heavy (non-hydrogen) atoms. The van der Waals surface area contributed by atoms with E-state index in [4.69, 9.17) is 4.42 Å². The minimum Gasteiger partial charge on any atom is -0.461 e. The summed E-state index contributed by atoms with van der Waals surface area (Å²) in [5.41, 5.74) is 5.06. The Kier molecular flexibility index (Phi) is 5.72. The van der Waals surface area contributed by atoms with Crippen LogP contribution in [0.5, 0.6) is 0 Å². The predicted molar refractivity (Wildman–Crippen MR) is 119 cm³/mol. The maximum absolute atomic E-state index is 12.7. The van der Waals surface area contributed by atoms with Gasteiger partial charge in [-0.2, -0.15) is 0 Å². The summed E-state index contributed by atoms with van der Waals surface area (Å²) in [6, 6.07) is 17.6. The van der Waals surface area contributed by atoms with Gasteiger partial charge in [0.15, 0.2) is 10.9 Å². The standard InChI is InChI=1S/C23H22N4O2S/c1-15-12-16(2)21(17(3)13-15)24-20(28)14-30-23-26-25-22(19-10-7-11-29-19)27(23)18-8-5-4-6-9-18/h4-13H,14H2,1-3H3,(H,24,28). The zero-order valence-electron chi connectivity index (χ0n) is 17.0. The highest BCUT2D eigenvalue weighted by Crippen LogP contribution is 2.28. The molecule has 1 amide bonds. The Balaban J connectivity index is 1.56. The number of nitrogens with one attached hydrogen (secondary N) is 1. The molecule has 0 unspecified atom stereocenters. The van der Waals surface area contributed by atoms with E-state index in [2.05, 4.69) is 34.6 Å². The van der Waals surface area contributed by atoms with Gasteiger partial charge < -0.3 is 9.73 Å². The van der Waals surface area contributed by atoms with Crippen molar-refractivity contribution in [1.29, 1.82) is 0 Å². The number of furan rings is 1. The number of carbonyl (C=O) groups is 1.